The summed E-state index contributed by atoms with van der Waals surface area (Å²) < 4.78 is 1.88. The summed E-state index contributed by atoms with van der Waals surface area (Å²) in [6, 6.07) is 3.10. The Morgan fingerprint density at radius 2 is 1.92 bits per heavy atom. The predicted molar refractivity (Wildman–Crippen MR) is 52.1 cm³/mol. The zero-order valence-corrected chi connectivity index (χ0v) is 7.13. The molecular formula is C10H10N2O. The lowest BCUT2D eigenvalue weighted by Gasteiger charge is -2.22. The highest BCUT2D eigenvalue weighted by Crippen LogP contribution is 1.97. The summed E-state index contributed by atoms with van der Waals surface area (Å²) in [4.78, 5) is 10.8. The van der Waals surface area contributed by atoms with E-state index in [4.69, 9.17) is 0 Å². The molecular weight excluding hydrogens is 164 g/mol. The number of allylic oxidation sites excluding steroid dienone is 2. The molecule has 13 heavy (non-hydrogen) atoms. The Hall–Kier alpha value is -1.77. The molecule has 0 radical (unpaired) electrons. The van der Waals surface area contributed by atoms with Crippen LogP contribution in [-0.4, -0.2) is 11.2 Å². The van der Waals surface area contributed by atoms with Gasteiger partial charge in [-0.15, -0.1) is 0 Å². The normalized spacial score (nSPS) is 14.9. The van der Waals surface area contributed by atoms with Crippen molar-refractivity contribution < 1.29 is 0 Å². The van der Waals surface area contributed by atoms with Crippen LogP contribution < -0.4 is 10.4 Å². The largest absolute Gasteiger partial charge is 0.290 e. The number of hydrogen-bond acceptors (Lipinski definition) is 2. The molecule has 0 spiro atoms. The molecule has 1 aromatic rings. The topological polar surface area (TPSA) is 25.2 Å². The third-order valence-corrected chi connectivity index (χ3v) is 1.88. The molecule has 0 aromatic carbocycles. The molecule has 3 heteroatoms. The van der Waals surface area contributed by atoms with Gasteiger partial charge >= 0.3 is 0 Å². The highest BCUT2D eigenvalue weighted by atomic mass is 16.1. The number of pyridine rings is 1. The molecule has 2 heterocycles. The van der Waals surface area contributed by atoms with Crippen LogP contribution in [0.1, 0.15) is 0 Å². The van der Waals surface area contributed by atoms with Gasteiger partial charge in [0.1, 0.15) is 0 Å². The fourth-order valence-corrected chi connectivity index (χ4v) is 1.20. The second-order valence-electron chi connectivity index (χ2n) is 2.81. The monoisotopic (exact) mass is 174 g/mol. The first-order chi connectivity index (χ1) is 6.36. The second kappa shape index (κ2) is 3.31. The van der Waals surface area contributed by atoms with Gasteiger partial charge in [0.15, 0.2) is 5.43 Å². The van der Waals surface area contributed by atoms with Crippen molar-refractivity contribution in [1.29, 1.82) is 0 Å². The Kier molecular flexibility index (Phi) is 2.00. The van der Waals surface area contributed by atoms with E-state index in [1.54, 1.807) is 24.5 Å². The van der Waals surface area contributed by atoms with E-state index in [2.05, 4.69) is 6.08 Å². The predicted octanol–water partition coefficient (Wildman–Crippen LogP) is 0.870. The number of nitrogens with zero attached hydrogens (tertiary/aromatic N) is 2. The molecule has 1 aliphatic rings. The molecule has 0 atom stereocenters. The van der Waals surface area contributed by atoms with Crippen molar-refractivity contribution in [3.8, 4) is 0 Å². The smallest absolute Gasteiger partial charge is 0.181 e. The van der Waals surface area contributed by atoms with Crippen molar-refractivity contribution in [1.82, 2.24) is 4.68 Å². The summed E-state index contributed by atoms with van der Waals surface area (Å²) in [5.74, 6) is 0. The third kappa shape index (κ3) is 1.69. The van der Waals surface area contributed by atoms with Crippen molar-refractivity contribution in [2.24, 2.45) is 0 Å². The summed E-state index contributed by atoms with van der Waals surface area (Å²) in [5, 5.41) is 2.00. The van der Waals surface area contributed by atoms with Gasteiger partial charge in [0.05, 0.1) is 6.54 Å². The molecule has 1 aromatic heterocycles. The Labute approximate surface area is 76.2 Å². The molecule has 3 nitrogen and oxygen atoms in total. The first-order valence-electron chi connectivity index (χ1n) is 4.15. The van der Waals surface area contributed by atoms with E-state index in [9.17, 15) is 4.79 Å². The van der Waals surface area contributed by atoms with Gasteiger partial charge in [0.2, 0.25) is 0 Å². The summed E-state index contributed by atoms with van der Waals surface area (Å²) in [6.45, 7) is 0.833. The molecule has 0 fully saturated rings. The zero-order valence-electron chi connectivity index (χ0n) is 7.13. The van der Waals surface area contributed by atoms with E-state index in [0.717, 1.165) is 6.54 Å². The number of rotatable bonds is 1. The summed E-state index contributed by atoms with van der Waals surface area (Å²) in [6.07, 6.45) is 11.5. The average molecular weight is 174 g/mol. The summed E-state index contributed by atoms with van der Waals surface area (Å²) in [5.41, 5.74) is 0.0350. The van der Waals surface area contributed by atoms with Crippen LogP contribution in [0.5, 0.6) is 0 Å². The number of hydrogen-bond donors (Lipinski definition) is 0. The fraction of sp³-hybridized carbons (Fsp3) is 0.100. The zero-order chi connectivity index (χ0) is 9.10. The van der Waals surface area contributed by atoms with Crippen LogP contribution >= 0.6 is 0 Å². The van der Waals surface area contributed by atoms with E-state index in [1.165, 1.54) is 0 Å². The van der Waals surface area contributed by atoms with E-state index < -0.39 is 0 Å². The SMILES string of the molecule is O=c1ccn(N2C=CC=CC2)cc1. The van der Waals surface area contributed by atoms with Crippen molar-refractivity contribution in [2.75, 3.05) is 11.6 Å². The van der Waals surface area contributed by atoms with Gasteiger partial charge in [-0.1, -0.05) is 12.2 Å². The van der Waals surface area contributed by atoms with Crippen molar-refractivity contribution in [3.63, 3.8) is 0 Å². The van der Waals surface area contributed by atoms with Crippen molar-refractivity contribution in [3.05, 3.63) is 59.2 Å². The maximum Gasteiger partial charge on any atom is 0.181 e. The quantitative estimate of drug-likeness (QED) is 0.631. The van der Waals surface area contributed by atoms with Crippen LogP contribution in [0, 0.1) is 0 Å². The van der Waals surface area contributed by atoms with Crippen LogP contribution in [-0.2, 0) is 0 Å². The van der Waals surface area contributed by atoms with Crippen LogP contribution in [0.25, 0.3) is 0 Å². The summed E-state index contributed by atoms with van der Waals surface area (Å²) >= 11 is 0. The molecule has 0 aliphatic carbocycles. The van der Waals surface area contributed by atoms with Gasteiger partial charge in [-0.3, -0.25) is 14.5 Å². The van der Waals surface area contributed by atoms with Crippen LogP contribution in [0.2, 0.25) is 0 Å². The molecule has 1 aliphatic heterocycles. The maximum atomic E-state index is 10.8. The molecule has 0 unspecified atom stereocenters. The van der Waals surface area contributed by atoms with Crippen LogP contribution in [0.3, 0.4) is 0 Å². The van der Waals surface area contributed by atoms with E-state index in [-0.39, 0.29) is 5.43 Å². The molecule has 0 bridgehead atoms. The van der Waals surface area contributed by atoms with E-state index in [1.807, 2.05) is 28.0 Å². The molecule has 0 saturated carbocycles. The Balaban J connectivity index is 2.26. The van der Waals surface area contributed by atoms with Crippen molar-refractivity contribution in [2.45, 2.75) is 0 Å². The Morgan fingerprint density at radius 1 is 1.15 bits per heavy atom. The van der Waals surface area contributed by atoms with Gasteiger partial charge in [-0.05, 0) is 6.08 Å². The van der Waals surface area contributed by atoms with Gasteiger partial charge in [-0.25, -0.2) is 0 Å². The summed E-state index contributed by atoms with van der Waals surface area (Å²) in [7, 11) is 0. The lowest BCUT2D eigenvalue weighted by Crippen LogP contribution is -2.30. The molecule has 66 valence electrons. The van der Waals surface area contributed by atoms with Gasteiger partial charge in [0.25, 0.3) is 0 Å². The van der Waals surface area contributed by atoms with Gasteiger partial charge in [0, 0.05) is 30.7 Å². The average Bonchev–Trinajstić information content (AvgIpc) is 2.20. The maximum absolute atomic E-state index is 10.8. The minimum Gasteiger partial charge on any atom is -0.290 e. The van der Waals surface area contributed by atoms with Crippen molar-refractivity contribution >= 4 is 0 Å². The Bertz CT molecular complexity index is 383. The number of aromatic nitrogens is 1. The highest BCUT2D eigenvalue weighted by Gasteiger charge is 1.98. The van der Waals surface area contributed by atoms with E-state index in [0.29, 0.717) is 0 Å². The Morgan fingerprint density at radius 3 is 2.54 bits per heavy atom. The third-order valence-electron chi connectivity index (χ3n) is 1.88. The minimum atomic E-state index is 0.0350. The van der Waals surface area contributed by atoms with Gasteiger partial charge < -0.3 is 0 Å². The molecule has 2 rings (SSSR count). The second-order valence-corrected chi connectivity index (χ2v) is 2.81. The molecule has 0 saturated heterocycles. The molecule has 0 amide bonds. The lowest BCUT2D eigenvalue weighted by atomic mass is 10.4. The highest BCUT2D eigenvalue weighted by molar-refractivity contribution is 5.19. The lowest BCUT2D eigenvalue weighted by molar-refractivity contribution is 0.716. The van der Waals surface area contributed by atoms with Crippen LogP contribution in [0.15, 0.2) is 53.7 Å². The van der Waals surface area contributed by atoms with Crippen LogP contribution in [0.4, 0.5) is 0 Å². The minimum absolute atomic E-state index is 0.0350. The van der Waals surface area contributed by atoms with Gasteiger partial charge in [-0.2, -0.15) is 0 Å². The standard InChI is InChI=1S/C10H10N2O/c13-10-4-8-12(9-5-10)11-6-2-1-3-7-11/h1-6,8-9H,7H2. The first kappa shape index (κ1) is 7.86. The first-order valence-corrected chi connectivity index (χ1v) is 4.15. The molecule has 0 N–H and O–H groups in total. The van der Waals surface area contributed by atoms with E-state index >= 15 is 0 Å². The fourth-order valence-electron chi connectivity index (χ4n) is 1.20.